The molecule has 180 valence electrons. The van der Waals surface area contributed by atoms with Crippen molar-refractivity contribution in [3.8, 4) is 0 Å². The number of carbonyl (C=O) groups is 2. The molecule has 0 saturated heterocycles. The van der Waals surface area contributed by atoms with E-state index >= 15 is 0 Å². The normalized spacial score (nSPS) is 16.2. The van der Waals surface area contributed by atoms with Crippen molar-refractivity contribution in [2.45, 2.75) is 46.7 Å². The Labute approximate surface area is 198 Å². The summed E-state index contributed by atoms with van der Waals surface area (Å²) >= 11 is 6.33. The Hall–Kier alpha value is -1.67. The van der Waals surface area contributed by atoms with Crippen molar-refractivity contribution in [2.75, 3.05) is 64.4 Å². The number of likely N-dealkylation sites (N-methyl/N-ethyl adjacent to an activating group) is 1. The highest BCUT2D eigenvalue weighted by atomic mass is 35.5. The summed E-state index contributed by atoms with van der Waals surface area (Å²) in [5.74, 6) is -0.000278. The molecule has 0 unspecified atom stereocenters. The third-order valence-corrected chi connectivity index (χ3v) is 6.32. The van der Waals surface area contributed by atoms with E-state index in [1.54, 1.807) is 4.90 Å². The maximum atomic E-state index is 13.3. The van der Waals surface area contributed by atoms with Crippen molar-refractivity contribution in [3.63, 3.8) is 0 Å². The van der Waals surface area contributed by atoms with Crippen molar-refractivity contribution in [1.82, 2.24) is 14.7 Å². The van der Waals surface area contributed by atoms with Crippen LogP contribution in [-0.4, -0.2) is 92.1 Å². The third kappa shape index (κ3) is 7.44. The lowest BCUT2D eigenvalue weighted by Gasteiger charge is -2.31. The number of anilines is 1. The maximum absolute atomic E-state index is 13.3. The highest BCUT2D eigenvalue weighted by Gasteiger charge is 2.25. The van der Waals surface area contributed by atoms with E-state index in [1.807, 2.05) is 23.1 Å². The van der Waals surface area contributed by atoms with Gasteiger partial charge in [0.2, 0.25) is 5.91 Å². The van der Waals surface area contributed by atoms with Crippen molar-refractivity contribution < 1.29 is 14.3 Å². The van der Waals surface area contributed by atoms with Gasteiger partial charge in [0.25, 0.3) is 5.91 Å². The van der Waals surface area contributed by atoms with E-state index in [2.05, 4.69) is 37.5 Å². The topological polar surface area (TPSA) is 56.3 Å². The van der Waals surface area contributed by atoms with Crippen LogP contribution in [0.5, 0.6) is 0 Å². The fraction of sp³-hybridized carbons (Fsp3) is 0.667. The summed E-state index contributed by atoms with van der Waals surface area (Å²) in [7, 11) is 1.53. The summed E-state index contributed by atoms with van der Waals surface area (Å²) in [4.78, 5) is 34.4. The van der Waals surface area contributed by atoms with Crippen LogP contribution in [0.3, 0.4) is 0 Å². The van der Waals surface area contributed by atoms with Gasteiger partial charge in [-0.05, 0) is 51.1 Å². The molecule has 0 N–H and O–H groups in total. The van der Waals surface area contributed by atoms with E-state index in [1.165, 1.54) is 7.11 Å². The minimum atomic E-state index is -0.104. The summed E-state index contributed by atoms with van der Waals surface area (Å²) in [5, 5.41) is 0.568. The molecule has 1 aliphatic heterocycles. The molecule has 2 amide bonds. The number of hydrogen-bond donors (Lipinski definition) is 0. The van der Waals surface area contributed by atoms with Crippen LogP contribution in [0.25, 0.3) is 0 Å². The smallest absolute Gasteiger partial charge is 0.252 e. The Balaban J connectivity index is 2.44. The maximum Gasteiger partial charge on any atom is 0.252 e. The second-order valence-corrected chi connectivity index (χ2v) is 8.95. The number of carbonyl (C=O) groups excluding carboxylic acids is 2. The van der Waals surface area contributed by atoms with Crippen molar-refractivity contribution >= 4 is 29.1 Å². The van der Waals surface area contributed by atoms with Gasteiger partial charge in [-0.2, -0.15) is 0 Å². The van der Waals surface area contributed by atoms with Crippen LogP contribution < -0.4 is 4.90 Å². The van der Waals surface area contributed by atoms with Crippen LogP contribution >= 0.6 is 11.6 Å². The zero-order chi connectivity index (χ0) is 23.7. The molecule has 0 atom stereocenters. The van der Waals surface area contributed by atoms with Crippen LogP contribution in [0.15, 0.2) is 18.2 Å². The Bertz CT molecular complexity index is 755. The van der Waals surface area contributed by atoms with Gasteiger partial charge in [0, 0.05) is 50.9 Å². The molecule has 0 aliphatic carbocycles. The monoisotopic (exact) mass is 466 g/mol. The predicted molar refractivity (Wildman–Crippen MR) is 130 cm³/mol. The lowest BCUT2D eigenvalue weighted by atomic mass is 10.1. The zero-order valence-corrected chi connectivity index (χ0v) is 21.0. The van der Waals surface area contributed by atoms with Gasteiger partial charge < -0.3 is 14.5 Å². The van der Waals surface area contributed by atoms with Gasteiger partial charge in [0.05, 0.1) is 12.2 Å². The molecule has 1 aromatic carbocycles. The van der Waals surface area contributed by atoms with E-state index in [-0.39, 0.29) is 18.4 Å². The predicted octanol–water partition coefficient (Wildman–Crippen LogP) is 3.10. The highest BCUT2D eigenvalue weighted by molar-refractivity contribution is 6.31. The fourth-order valence-corrected chi connectivity index (χ4v) is 4.21. The number of amides is 2. The number of ether oxygens (including phenoxy) is 1. The Morgan fingerprint density at radius 2 is 1.81 bits per heavy atom. The summed E-state index contributed by atoms with van der Waals surface area (Å²) in [5.41, 5.74) is 1.68. The first-order valence-electron chi connectivity index (χ1n) is 11.6. The van der Waals surface area contributed by atoms with E-state index in [0.29, 0.717) is 37.2 Å². The Morgan fingerprint density at radius 1 is 1.09 bits per heavy atom. The zero-order valence-electron chi connectivity index (χ0n) is 20.3. The quantitative estimate of drug-likeness (QED) is 0.618. The minimum Gasteiger partial charge on any atom is -0.375 e. The summed E-state index contributed by atoms with van der Waals surface area (Å²) in [6.45, 7) is 13.9. The van der Waals surface area contributed by atoms with Crippen LogP contribution in [0.2, 0.25) is 5.02 Å². The lowest BCUT2D eigenvalue weighted by Crippen LogP contribution is -2.44. The molecule has 0 aromatic heterocycles. The Kier molecular flexibility index (Phi) is 10.9. The first-order chi connectivity index (χ1) is 15.3. The number of benzene rings is 1. The molecule has 8 heteroatoms. The molecule has 7 nitrogen and oxygen atoms in total. The fourth-order valence-electron chi connectivity index (χ4n) is 4.05. The molecule has 0 fully saturated rings. The third-order valence-electron chi connectivity index (χ3n) is 6.09. The second-order valence-electron chi connectivity index (χ2n) is 8.51. The molecule has 0 saturated carbocycles. The summed E-state index contributed by atoms with van der Waals surface area (Å²) < 4.78 is 5.14. The standard InChI is InChI=1S/C24H39ClN4O3/c1-6-26(7-2)17-23(30)28-14-13-27(19(3)4)11-8-12-29(24(31)18-32-5)22-15-21(25)10-9-20(22)16-28/h9-10,15,19H,6-8,11-14,16-18H2,1-5H3. The molecule has 2 rings (SSSR count). The van der Waals surface area contributed by atoms with Gasteiger partial charge in [-0.1, -0.05) is 31.5 Å². The van der Waals surface area contributed by atoms with Gasteiger partial charge in [-0.25, -0.2) is 0 Å². The van der Waals surface area contributed by atoms with Gasteiger partial charge in [0.1, 0.15) is 6.61 Å². The molecule has 32 heavy (non-hydrogen) atoms. The van der Waals surface area contributed by atoms with Gasteiger partial charge in [-0.15, -0.1) is 0 Å². The molecular formula is C24H39ClN4O3. The summed E-state index contributed by atoms with van der Waals surface area (Å²) in [6.07, 6.45) is 0.826. The van der Waals surface area contributed by atoms with Crippen molar-refractivity contribution in [3.05, 3.63) is 28.8 Å². The molecular weight excluding hydrogens is 428 g/mol. The number of rotatable bonds is 7. The van der Waals surface area contributed by atoms with Crippen LogP contribution in [0, 0.1) is 0 Å². The SMILES string of the molecule is CCN(CC)CC(=O)N1CCN(C(C)C)CCCN(C(=O)COC)c2cc(Cl)ccc2C1. The number of fused-ring (bicyclic) bond motifs is 1. The minimum absolute atomic E-state index is 0.00442. The molecule has 0 bridgehead atoms. The van der Waals surface area contributed by atoms with Crippen molar-refractivity contribution in [1.29, 1.82) is 0 Å². The Morgan fingerprint density at radius 3 is 2.44 bits per heavy atom. The highest BCUT2D eigenvalue weighted by Crippen LogP contribution is 2.28. The van der Waals surface area contributed by atoms with Crippen LogP contribution in [0.1, 0.15) is 39.7 Å². The van der Waals surface area contributed by atoms with Gasteiger partial charge in [0.15, 0.2) is 0 Å². The second kappa shape index (κ2) is 13.1. The van der Waals surface area contributed by atoms with Crippen LogP contribution in [0.4, 0.5) is 5.69 Å². The van der Waals surface area contributed by atoms with E-state index in [9.17, 15) is 9.59 Å². The van der Waals surface area contributed by atoms with Gasteiger partial charge in [-0.3, -0.25) is 19.4 Å². The lowest BCUT2D eigenvalue weighted by molar-refractivity contribution is -0.133. The van der Waals surface area contributed by atoms with Crippen LogP contribution in [-0.2, 0) is 20.9 Å². The molecule has 1 heterocycles. The van der Waals surface area contributed by atoms with E-state index < -0.39 is 0 Å². The number of halogens is 1. The van der Waals surface area contributed by atoms with E-state index in [0.717, 1.165) is 43.9 Å². The largest absolute Gasteiger partial charge is 0.375 e. The number of methoxy groups -OCH3 is 1. The number of nitrogens with zero attached hydrogens (tertiary/aromatic N) is 4. The molecule has 0 radical (unpaired) electrons. The number of hydrogen-bond acceptors (Lipinski definition) is 5. The molecule has 0 spiro atoms. The first-order valence-corrected chi connectivity index (χ1v) is 12.0. The van der Waals surface area contributed by atoms with Gasteiger partial charge >= 0.3 is 0 Å². The van der Waals surface area contributed by atoms with E-state index in [4.69, 9.17) is 16.3 Å². The average molecular weight is 467 g/mol. The average Bonchev–Trinajstić information content (AvgIpc) is 2.79. The molecule has 1 aromatic rings. The first kappa shape index (κ1) is 26.6. The molecule has 1 aliphatic rings. The van der Waals surface area contributed by atoms with Crippen molar-refractivity contribution in [2.24, 2.45) is 0 Å². The summed E-state index contributed by atoms with van der Waals surface area (Å²) in [6, 6.07) is 5.94.